The maximum Gasteiger partial charge on any atom is 0.151 e. The Morgan fingerprint density at radius 2 is 0.883 bits per heavy atom. The van der Waals surface area contributed by atoms with E-state index in [1.54, 1.807) is 72.6 Å². The first-order chi connectivity index (χ1) is 45.3. The molecule has 15 rings (SSSR count). The van der Waals surface area contributed by atoms with Crippen LogP contribution in [-0.2, 0) is 14.1 Å². The summed E-state index contributed by atoms with van der Waals surface area (Å²) in [5.41, 5.74) is 9.36. The van der Waals surface area contributed by atoms with Crippen LogP contribution in [0.1, 0.15) is 59.1 Å². The van der Waals surface area contributed by atoms with E-state index in [2.05, 4.69) is 115 Å². The summed E-state index contributed by atoms with van der Waals surface area (Å²) in [6.45, 7) is 16.7. The summed E-state index contributed by atoms with van der Waals surface area (Å²) in [5.74, 6) is 3.01. The van der Waals surface area contributed by atoms with Crippen molar-refractivity contribution in [2.75, 3.05) is 61.0 Å². The summed E-state index contributed by atoms with van der Waals surface area (Å²) in [6.07, 6.45) is 17.3. The average molecular weight is 1270 g/mol. The molecule has 0 saturated carbocycles. The van der Waals surface area contributed by atoms with Gasteiger partial charge in [0, 0.05) is 142 Å². The zero-order valence-corrected chi connectivity index (χ0v) is 53.7. The van der Waals surface area contributed by atoms with Gasteiger partial charge in [-0.1, -0.05) is 13.8 Å². The first-order valence-electron chi connectivity index (χ1n) is 31.6. The molecule has 0 unspecified atom stereocenters. The SMILES string of the molecule is C[C@@H]1CN(c2ccc(-c3ncc(-c4cc(F)c5nn(C)cc5c4)cc3O)nn2)C[C@H](C)N1C.Cc1cn2cc(-c3cnc(-c4ccc(N5C[C@H](C)C[C@H](C)C5)nn4)c(O)c3)ccc2n1.Cn1cc2cc(-c3cnc(-c4ccc(N5CCCCC5)nn4)c(O)c3)cc(F)c2n1. The minimum absolute atomic E-state index is 0.0285. The minimum atomic E-state index is -0.416. The van der Waals surface area contributed by atoms with Gasteiger partial charge in [-0.15, -0.1) is 30.6 Å². The number of nitrogens with zero attached hydrogens (tertiary/aromatic N) is 19. The number of likely N-dealkylation sites (N-methyl/N-ethyl adjacent to an activating group) is 1. The highest BCUT2D eigenvalue weighted by atomic mass is 19.1. The molecule has 24 heteroatoms. The van der Waals surface area contributed by atoms with E-state index in [0.29, 0.717) is 102 Å². The molecule has 10 aromatic heterocycles. The van der Waals surface area contributed by atoms with E-state index >= 15 is 0 Å². The zero-order valence-electron chi connectivity index (χ0n) is 53.7. The van der Waals surface area contributed by atoms with Gasteiger partial charge >= 0.3 is 0 Å². The number of hydrogen-bond acceptors (Lipinski definition) is 19. The highest BCUT2D eigenvalue weighted by Crippen LogP contribution is 2.37. The molecule has 12 aromatic rings. The molecular weight excluding hydrogens is 1190 g/mol. The summed E-state index contributed by atoms with van der Waals surface area (Å²) in [7, 11) is 5.64. The molecule has 480 valence electrons. The van der Waals surface area contributed by atoms with Crippen molar-refractivity contribution in [3.8, 4) is 84.8 Å². The van der Waals surface area contributed by atoms with Gasteiger partial charge in [0.05, 0.1) is 5.69 Å². The second-order valence-corrected chi connectivity index (χ2v) is 25.2. The number of aryl methyl sites for hydroxylation is 3. The van der Waals surface area contributed by atoms with Crippen LogP contribution in [0, 0.1) is 30.4 Å². The Kier molecular flexibility index (Phi) is 17.3. The fourth-order valence-corrected chi connectivity index (χ4v) is 12.9. The second kappa shape index (κ2) is 26.2. The molecule has 3 fully saturated rings. The molecule has 0 amide bonds. The highest BCUT2D eigenvalue weighted by Gasteiger charge is 2.28. The Morgan fingerprint density at radius 3 is 1.32 bits per heavy atom. The monoisotopic (exact) mass is 1270 g/mol. The summed E-state index contributed by atoms with van der Waals surface area (Å²) < 4.78 is 34.0. The summed E-state index contributed by atoms with van der Waals surface area (Å²) in [5, 5.41) is 67.5. The van der Waals surface area contributed by atoms with E-state index in [1.165, 1.54) is 37.8 Å². The summed E-state index contributed by atoms with van der Waals surface area (Å²) in [6, 6.07) is 27.4. The van der Waals surface area contributed by atoms with E-state index in [1.807, 2.05) is 84.4 Å². The molecular formula is C70H73F2N19O3. The van der Waals surface area contributed by atoms with Crippen LogP contribution < -0.4 is 14.7 Å². The van der Waals surface area contributed by atoms with Gasteiger partial charge in [-0.05, 0) is 167 Å². The van der Waals surface area contributed by atoms with Gasteiger partial charge in [0.15, 0.2) is 29.1 Å². The third-order valence-corrected chi connectivity index (χ3v) is 17.8. The molecule has 0 radical (unpaired) electrons. The Bertz CT molecular complexity index is 4690. The number of aromatic nitrogens is 15. The predicted molar refractivity (Wildman–Crippen MR) is 359 cm³/mol. The maximum atomic E-state index is 14.5. The van der Waals surface area contributed by atoms with Crippen molar-refractivity contribution in [3.63, 3.8) is 0 Å². The van der Waals surface area contributed by atoms with Gasteiger partial charge in [-0.25, -0.2) is 28.7 Å². The number of hydrogen-bond donors (Lipinski definition) is 3. The molecule has 22 nitrogen and oxygen atoms in total. The Labute approximate surface area is 541 Å². The molecule has 3 aliphatic rings. The van der Waals surface area contributed by atoms with Crippen LogP contribution in [0.15, 0.2) is 134 Å². The fraction of sp³-hybridized carbons (Fsp3) is 0.314. The smallest absolute Gasteiger partial charge is 0.151 e. The van der Waals surface area contributed by atoms with Crippen LogP contribution in [0.4, 0.5) is 26.2 Å². The number of rotatable bonds is 9. The molecule has 0 bridgehead atoms. The highest BCUT2D eigenvalue weighted by molar-refractivity contribution is 5.87. The molecule has 0 aliphatic carbocycles. The first kappa shape index (κ1) is 62.2. The summed E-state index contributed by atoms with van der Waals surface area (Å²) in [4.78, 5) is 26.8. The standard InChI is InChI=1S/C24H26FN7O.C24H26N6O.C22H21FN6O/c1-14-11-32(12-15(2)31(14)4)22-6-5-20(27-28-22)24-21(33)9-17(10-26-24)16-7-18-13-30(3)29-23(18)19(25)8-16;1-15-8-16(2)12-29(11-15)23-7-5-20(27-28-23)24-21(31)9-19(10-25-24)18-4-6-22-26-17(3)13-30(22)14-18;1-28-13-16-9-14(10-17(23)21(16)27-28)15-11-19(30)22(24-12-15)18-5-6-20(26-25-18)29-7-3-2-4-8-29/h5-10,13-15,33H,11-12H2,1-4H3;4-7,9-10,13-16,31H,8,11-12H2,1-3H3;5-6,9-13,30H,2-4,7-8H2,1H3/t14-,15+;15-,16+;. The topological polar surface area (TPSA) is 243 Å². The molecule has 3 aliphatic heterocycles. The molecule has 13 heterocycles. The number of anilines is 3. The number of pyridine rings is 4. The van der Waals surface area contributed by atoms with E-state index in [-0.39, 0.29) is 17.2 Å². The van der Waals surface area contributed by atoms with Crippen molar-refractivity contribution in [1.29, 1.82) is 0 Å². The lowest BCUT2D eigenvalue weighted by molar-refractivity contribution is 0.169. The van der Waals surface area contributed by atoms with Crippen molar-refractivity contribution in [3.05, 3.63) is 152 Å². The van der Waals surface area contributed by atoms with Gasteiger partial charge in [0.1, 0.15) is 68.1 Å². The molecule has 3 saturated heterocycles. The lowest BCUT2D eigenvalue weighted by Crippen LogP contribution is -2.55. The van der Waals surface area contributed by atoms with E-state index < -0.39 is 11.6 Å². The van der Waals surface area contributed by atoms with Gasteiger partial charge in [-0.2, -0.15) is 10.2 Å². The van der Waals surface area contributed by atoms with Gasteiger partial charge < -0.3 is 34.4 Å². The number of imidazole rings is 1. The third kappa shape index (κ3) is 13.2. The van der Waals surface area contributed by atoms with E-state index in [4.69, 9.17) is 0 Å². The molecule has 4 atom stereocenters. The number of aromatic hydroxyl groups is 3. The van der Waals surface area contributed by atoms with Crippen LogP contribution >= 0.6 is 0 Å². The zero-order chi connectivity index (χ0) is 65.5. The predicted octanol–water partition coefficient (Wildman–Crippen LogP) is 11.7. The third-order valence-electron chi connectivity index (χ3n) is 17.8. The number of benzene rings is 2. The summed E-state index contributed by atoms with van der Waals surface area (Å²) >= 11 is 0. The Morgan fingerprint density at radius 1 is 0.447 bits per heavy atom. The second-order valence-electron chi connectivity index (χ2n) is 25.2. The van der Waals surface area contributed by atoms with Crippen LogP contribution in [0.3, 0.4) is 0 Å². The van der Waals surface area contributed by atoms with E-state index in [0.717, 1.165) is 79.2 Å². The molecule has 2 aromatic carbocycles. The lowest BCUT2D eigenvalue weighted by Gasteiger charge is -2.42. The van der Waals surface area contributed by atoms with Crippen LogP contribution in [0.2, 0.25) is 0 Å². The number of piperazine rings is 1. The molecule has 94 heavy (non-hydrogen) atoms. The number of halogens is 2. The molecule has 3 N–H and O–H groups in total. The van der Waals surface area contributed by atoms with Crippen molar-refractivity contribution in [2.45, 2.75) is 72.4 Å². The van der Waals surface area contributed by atoms with Crippen LogP contribution in [-0.4, -0.2) is 153 Å². The Balaban J connectivity index is 0.000000128. The maximum absolute atomic E-state index is 14.5. The van der Waals surface area contributed by atoms with Crippen molar-refractivity contribution >= 4 is 44.9 Å². The van der Waals surface area contributed by atoms with Gasteiger partial charge in [0.25, 0.3) is 0 Å². The average Bonchev–Trinajstić information content (AvgIpc) is 1.41. The van der Waals surface area contributed by atoms with Crippen molar-refractivity contribution in [2.24, 2.45) is 25.9 Å². The van der Waals surface area contributed by atoms with Gasteiger partial charge in [0.2, 0.25) is 0 Å². The van der Waals surface area contributed by atoms with Crippen LogP contribution in [0.5, 0.6) is 17.2 Å². The quantitative estimate of drug-likeness (QED) is 0.122. The lowest BCUT2D eigenvalue weighted by atomic mass is 9.92. The van der Waals surface area contributed by atoms with Crippen LogP contribution in [0.25, 0.3) is 95.0 Å². The molecule has 0 spiro atoms. The number of fused-ring (bicyclic) bond motifs is 3. The van der Waals surface area contributed by atoms with Gasteiger partial charge in [-0.3, -0.25) is 14.3 Å². The fourth-order valence-electron chi connectivity index (χ4n) is 12.9. The van der Waals surface area contributed by atoms with Crippen molar-refractivity contribution < 1.29 is 24.1 Å². The minimum Gasteiger partial charge on any atom is -0.506 e. The van der Waals surface area contributed by atoms with Crippen molar-refractivity contribution in [1.82, 2.24) is 79.4 Å². The van der Waals surface area contributed by atoms with E-state index in [9.17, 15) is 24.1 Å². The first-order valence-corrected chi connectivity index (χ1v) is 31.6. The normalized spacial score (nSPS) is 17.7. The largest absolute Gasteiger partial charge is 0.506 e. The Hall–Kier alpha value is -10.6. The number of piperidine rings is 2.